The predicted molar refractivity (Wildman–Crippen MR) is 124 cm³/mol. The van der Waals surface area contributed by atoms with Crippen molar-refractivity contribution in [2.45, 2.75) is 43.9 Å². The van der Waals surface area contributed by atoms with Gasteiger partial charge in [0.05, 0.1) is 12.6 Å². The number of carbonyl (C=O) groups excluding carboxylic acids is 3. The minimum Gasteiger partial charge on any atom is -0.480 e. The molecule has 0 aliphatic carbocycles. The van der Waals surface area contributed by atoms with Gasteiger partial charge >= 0.3 is 5.97 Å². The van der Waals surface area contributed by atoms with Crippen LogP contribution in [0.25, 0.3) is 0 Å². The highest BCUT2D eigenvalue weighted by atomic mass is 16.4. The first kappa shape index (κ1) is 26.5. The fraction of sp³-hybridized carbons (Fsp3) is 0.333. The lowest BCUT2D eigenvalue weighted by atomic mass is 10.0. The second-order valence-corrected chi connectivity index (χ2v) is 7.87. The lowest BCUT2D eigenvalue weighted by Gasteiger charge is -2.24. The van der Waals surface area contributed by atoms with Crippen molar-refractivity contribution in [3.8, 4) is 0 Å². The Morgan fingerprint density at radius 2 is 1.15 bits per heavy atom. The number of aliphatic hydroxyl groups is 1. The van der Waals surface area contributed by atoms with Crippen molar-refractivity contribution in [2.75, 3.05) is 6.61 Å². The SMILES string of the molecule is CC(N)C(=O)NC(Cc1ccccc1)C(=O)NC(CO)C(=O)NC(Cc1ccccc1)C(=O)O. The van der Waals surface area contributed by atoms with Gasteiger partial charge in [-0.1, -0.05) is 60.7 Å². The first-order chi connectivity index (χ1) is 16.2. The number of nitrogens with one attached hydrogen (secondary N) is 3. The Bertz CT molecular complexity index is 968. The van der Waals surface area contributed by atoms with Crippen molar-refractivity contribution >= 4 is 23.7 Å². The smallest absolute Gasteiger partial charge is 0.326 e. The summed E-state index contributed by atoms with van der Waals surface area (Å²) in [6.07, 6.45) is 0.145. The molecule has 0 saturated heterocycles. The van der Waals surface area contributed by atoms with Gasteiger partial charge in [0.25, 0.3) is 0 Å². The number of carboxylic acids is 1. The molecule has 2 aromatic carbocycles. The van der Waals surface area contributed by atoms with E-state index in [1.807, 2.05) is 0 Å². The number of carbonyl (C=O) groups is 4. The molecule has 0 radical (unpaired) electrons. The van der Waals surface area contributed by atoms with Crippen LogP contribution in [-0.4, -0.2) is 64.7 Å². The first-order valence-electron chi connectivity index (χ1n) is 10.8. The number of aliphatic hydroxyl groups excluding tert-OH is 1. The summed E-state index contributed by atoms with van der Waals surface area (Å²) in [6, 6.07) is 13.0. The number of carboxylic acid groups (broad SMARTS) is 1. The van der Waals surface area contributed by atoms with Crippen LogP contribution in [0.1, 0.15) is 18.1 Å². The van der Waals surface area contributed by atoms with Gasteiger partial charge in [0.15, 0.2) is 0 Å². The zero-order valence-electron chi connectivity index (χ0n) is 18.8. The number of nitrogens with two attached hydrogens (primary N) is 1. The molecule has 0 bridgehead atoms. The van der Waals surface area contributed by atoms with Crippen LogP contribution in [0.3, 0.4) is 0 Å². The molecule has 10 heteroatoms. The van der Waals surface area contributed by atoms with Gasteiger partial charge in [0.2, 0.25) is 17.7 Å². The number of rotatable bonds is 12. The molecule has 7 N–H and O–H groups in total. The number of hydrogen-bond donors (Lipinski definition) is 6. The molecular weight excluding hydrogens is 440 g/mol. The summed E-state index contributed by atoms with van der Waals surface area (Å²) in [7, 11) is 0. The lowest BCUT2D eigenvalue weighted by Crippen LogP contribution is -2.58. The van der Waals surface area contributed by atoms with Gasteiger partial charge in [0.1, 0.15) is 18.1 Å². The predicted octanol–water partition coefficient (Wildman–Crippen LogP) is -0.650. The van der Waals surface area contributed by atoms with E-state index in [-0.39, 0.29) is 12.8 Å². The third kappa shape index (κ3) is 8.30. The van der Waals surface area contributed by atoms with Gasteiger partial charge in [-0.25, -0.2) is 4.79 Å². The molecule has 0 saturated carbocycles. The molecular formula is C24H30N4O6. The van der Waals surface area contributed by atoms with Crippen LogP contribution in [0.4, 0.5) is 0 Å². The van der Waals surface area contributed by atoms with Crippen LogP contribution in [0.5, 0.6) is 0 Å². The summed E-state index contributed by atoms with van der Waals surface area (Å²) >= 11 is 0. The van der Waals surface area contributed by atoms with Crippen molar-refractivity contribution in [3.63, 3.8) is 0 Å². The van der Waals surface area contributed by atoms with Crippen LogP contribution in [0, 0.1) is 0 Å². The zero-order chi connectivity index (χ0) is 25.1. The fourth-order valence-corrected chi connectivity index (χ4v) is 3.15. The Kier molecular flexibility index (Phi) is 10.2. The average Bonchev–Trinajstić information content (AvgIpc) is 2.82. The quantitative estimate of drug-likeness (QED) is 0.239. The van der Waals surface area contributed by atoms with E-state index in [1.54, 1.807) is 60.7 Å². The summed E-state index contributed by atoms with van der Waals surface area (Å²) in [4.78, 5) is 49.4. The van der Waals surface area contributed by atoms with Crippen molar-refractivity contribution < 1.29 is 29.4 Å². The Morgan fingerprint density at radius 1 is 0.735 bits per heavy atom. The molecule has 4 unspecified atom stereocenters. The molecule has 4 atom stereocenters. The van der Waals surface area contributed by atoms with Crippen LogP contribution in [0.15, 0.2) is 60.7 Å². The molecule has 2 rings (SSSR count). The highest BCUT2D eigenvalue weighted by Crippen LogP contribution is 2.06. The summed E-state index contributed by atoms with van der Waals surface area (Å²) in [6.45, 7) is 0.699. The molecule has 0 fully saturated rings. The maximum absolute atomic E-state index is 12.9. The summed E-state index contributed by atoms with van der Waals surface area (Å²) in [5.74, 6) is -3.40. The van der Waals surface area contributed by atoms with E-state index >= 15 is 0 Å². The van der Waals surface area contributed by atoms with E-state index in [9.17, 15) is 29.4 Å². The van der Waals surface area contributed by atoms with Crippen LogP contribution >= 0.6 is 0 Å². The van der Waals surface area contributed by atoms with Crippen molar-refractivity contribution in [1.29, 1.82) is 0 Å². The van der Waals surface area contributed by atoms with Gasteiger partial charge in [-0.2, -0.15) is 0 Å². The minimum atomic E-state index is -1.42. The maximum Gasteiger partial charge on any atom is 0.326 e. The Balaban J connectivity index is 2.10. The third-order valence-electron chi connectivity index (χ3n) is 5.04. The highest BCUT2D eigenvalue weighted by Gasteiger charge is 2.29. The van der Waals surface area contributed by atoms with E-state index in [1.165, 1.54) is 6.92 Å². The molecule has 34 heavy (non-hydrogen) atoms. The Hall–Kier alpha value is -3.76. The van der Waals surface area contributed by atoms with Crippen LogP contribution in [-0.2, 0) is 32.0 Å². The molecule has 3 amide bonds. The number of benzene rings is 2. The zero-order valence-corrected chi connectivity index (χ0v) is 18.8. The summed E-state index contributed by atoms with van der Waals surface area (Å²) in [5, 5.41) is 26.5. The van der Waals surface area contributed by atoms with Crippen LogP contribution in [0.2, 0.25) is 0 Å². The second-order valence-electron chi connectivity index (χ2n) is 7.87. The molecule has 0 aliphatic rings. The van der Waals surface area contributed by atoms with Crippen molar-refractivity contribution in [1.82, 2.24) is 16.0 Å². The van der Waals surface area contributed by atoms with Crippen molar-refractivity contribution in [3.05, 3.63) is 71.8 Å². The Labute approximate surface area is 197 Å². The molecule has 0 aromatic heterocycles. The number of amides is 3. The first-order valence-corrected chi connectivity index (χ1v) is 10.8. The Morgan fingerprint density at radius 3 is 1.59 bits per heavy atom. The monoisotopic (exact) mass is 470 g/mol. The summed E-state index contributed by atoms with van der Waals surface area (Å²) in [5.41, 5.74) is 7.05. The molecule has 2 aromatic rings. The minimum absolute atomic E-state index is 0.0229. The van der Waals surface area contributed by atoms with Gasteiger partial charge in [-0.05, 0) is 18.1 Å². The number of aliphatic carboxylic acids is 1. The van der Waals surface area contributed by atoms with Gasteiger partial charge < -0.3 is 31.9 Å². The van der Waals surface area contributed by atoms with E-state index in [4.69, 9.17) is 5.73 Å². The van der Waals surface area contributed by atoms with Crippen LogP contribution < -0.4 is 21.7 Å². The van der Waals surface area contributed by atoms with E-state index in [0.29, 0.717) is 5.56 Å². The van der Waals surface area contributed by atoms with Crippen molar-refractivity contribution in [2.24, 2.45) is 5.73 Å². The lowest BCUT2D eigenvalue weighted by molar-refractivity contribution is -0.142. The van der Waals surface area contributed by atoms with E-state index in [2.05, 4.69) is 16.0 Å². The molecule has 0 heterocycles. The van der Waals surface area contributed by atoms with Gasteiger partial charge in [-0.3, -0.25) is 14.4 Å². The van der Waals surface area contributed by atoms with Gasteiger partial charge in [0, 0.05) is 12.8 Å². The molecule has 0 aliphatic heterocycles. The fourth-order valence-electron chi connectivity index (χ4n) is 3.15. The molecule has 0 spiro atoms. The van der Waals surface area contributed by atoms with Gasteiger partial charge in [-0.15, -0.1) is 0 Å². The topological polar surface area (TPSA) is 171 Å². The molecule has 182 valence electrons. The van der Waals surface area contributed by atoms with E-state index in [0.717, 1.165) is 5.56 Å². The van der Waals surface area contributed by atoms with E-state index < -0.39 is 54.5 Å². The second kappa shape index (κ2) is 13.1. The standard InChI is InChI=1S/C24H30N4O6/c1-15(25)21(30)26-18(12-16-8-4-2-5-9-16)22(31)28-20(14-29)23(32)27-19(24(33)34)13-17-10-6-3-7-11-17/h2-11,15,18-20,29H,12-14,25H2,1H3,(H,26,30)(H,27,32)(H,28,31)(H,33,34). The maximum atomic E-state index is 12.9. The third-order valence-corrected chi connectivity index (χ3v) is 5.04. The highest BCUT2D eigenvalue weighted by molar-refractivity contribution is 5.94. The normalized spacial score (nSPS) is 14.2. The largest absolute Gasteiger partial charge is 0.480 e. The molecule has 10 nitrogen and oxygen atoms in total. The summed E-state index contributed by atoms with van der Waals surface area (Å²) < 4.78 is 0. The number of hydrogen-bond acceptors (Lipinski definition) is 6. The average molecular weight is 471 g/mol.